The standard InChI is InChI=1S/C19H25N/c1-5-7-16-8-6-9-17(13-16)19(20-4)18-11-10-14(2)15(3)12-18/h6,8-13,19-20H,5,7H2,1-4H3. The molecule has 0 heterocycles. The summed E-state index contributed by atoms with van der Waals surface area (Å²) in [7, 11) is 2.03. The summed E-state index contributed by atoms with van der Waals surface area (Å²) >= 11 is 0. The Kier molecular flexibility index (Phi) is 4.97. The molecule has 2 aromatic carbocycles. The van der Waals surface area contributed by atoms with Gasteiger partial charge < -0.3 is 5.32 Å². The molecule has 1 nitrogen and oxygen atoms in total. The van der Waals surface area contributed by atoms with Crippen molar-refractivity contribution in [1.29, 1.82) is 0 Å². The summed E-state index contributed by atoms with van der Waals surface area (Å²) in [6, 6.07) is 16.0. The maximum atomic E-state index is 3.45. The number of benzene rings is 2. The predicted octanol–water partition coefficient (Wildman–Crippen LogP) is 4.56. The molecule has 0 saturated carbocycles. The zero-order valence-electron chi connectivity index (χ0n) is 13.0. The van der Waals surface area contributed by atoms with Gasteiger partial charge in [0.2, 0.25) is 0 Å². The molecule has 2 aromatic rings. The molecule has 1 N–H and O–H groups in total. The molecule has 0 radical (unpaired) electrons. The van der Waals surface area contributed by atoms with Gasteiger partial charge in [-0.3, -0.25) is 0 Å². The van der Waals surface area contributed by atoms with Crippen LogP contribution in [0, 0.1) is 13.8 Å². The van der Waals surface area contributed by atoms with Crippen molar-refractivity contribution in [2.75, 3.05) is 7.05 Å². The number of aryl methyl sites for hydroxylation is 3. The highest BCUT2D eigenvalue weighted by Crippen LogP contribution is 2.24. The monoisotopic (exact) mass is 267 g/mol. The molecule has 1 atom stereocenters. The van der Waals surface area contributed by atoms with Gasteiger partial charge >= 0.3 is 0 Å². The minimum absolute atomic E-state index is 0.270. The van der Waals surface area contributed by atoms with Gasteiger partial charge in [0.15, 0.2) is 0 Å². The van der Waals surface area contributed by atoms with E-state index in [9.17, 15) is 0 Å². The average Bonchev–Trinajstić information content (AvgIpc) is 2.44. The molecule has 20 heavy (non-hydrogen) atoms. The van der Waals surface area contributed by atoms with Crippen molar-refractivity contribution in [2.24, 2.45) is 0 Å². The van der Waals surface area contributed by atoms with Crippen LogP contribution in [0.15, 0.2) is 42.5 Å². The van der Waals surface area contributed by atoms with E-state index in [4.69, 9.17) is 0 Å². The molecule has 0 spiro atoms. The third-order valence-corrected chi connectivity index (χ3v) is 3.98. The second kappa shape index (κ2) is 6.71. The lowest BCUT2D eigenvalue weighted by atomic mass is 9.94. The Morgan fingerprint density at radius 3 is 2.35 bits per heavy atom. The van der Waals surface area contributed by atoms with Gasteiger partial charge in [-0.25, -0.2) is 0 Å². The van der Waals surface area contributed by atoms with Crippen LogP contribution in [0.4, 0.5) is 0 Å². The average molecular weight is 267 g/mol. The Morgan fingerprint density at radius 1 is 0.950 bits per heavy atom. The normalized spacial score (nSPS) is 12.4. The van der Waals surface area contributed by atoms with Crippen molar-refractivity contribution in [3.63, 3.8) is 0 Å². The predicted molar refractivity (Wildman–Crippen MR) is 87.3 cm³/mol. The van der Waals surface area contributed by atoms with Crippen LogP contribution in [0.3, 0.4) is 0 Å². The quantitative estimate of drug-likeness (QED) is 0.837. The van der Waals surface area contributed by atoms with E-state index in [2.05, 4.69) is 68.6 Å². The van der Waals surface area contributed by atoms with E-state index in [1.165, 1.54) is 34.2 Å². The zero-order chi connectivity index (χ0) is 14.5. The van der Waals surface area contributed by atoms with Crippen LogP contribution in [0.2, 0.25) is 0 Å². The summed E-state index contributed by atoms with van der Waals surface area (Å²) in [5, 5.41) is 3.45. The minimum atomic E-state index is 0.270. The van der Waals surface area contributed by atoms with E-state index in [0.29, 0.717) is 0 Å². The molecular weight excluding hydrogens is 242 g/mol. The molecule has 0 aliphatic heterocycles. The van der Waals surface area contributed by atoms with Gasteiger partial charge in [-0.2, -0.15) is 0 Å². The molecule has 1 heteroatoms. The van der Waals surface area contributed by atoms with Gasteiger partial charge in [-0.1, -0.05) is 55.8 Å². The summed E-state index contributed by atoms with van der Waals surface area (Å²) in [6.07, 6.45) is 2.34. The number of hydrogen-bond donors (Lipinski definition) is 1. The van der Waals surface area contributed by atoms with Crippen molar-refractivity contribution in [3.8, 4) is 0 Å². The fourth-order valence-corrected chi connectivity index (χ4v) is 2.69. The fraction of sp³-hybridized carbons (Fsp3) is 0.368. The van der Waals surface area contributed by atoms with Gasteiger partial charge in [-0.15, -0.1) is 0 Å². The first-order valence-corrected chi connectivity index (χ1v) is 7.49. The van der Waals surface area contributed by atoms with Crippen molar-refractivity contribution in [3.05, 3.63) is 70.3 Å². The first-order valence-electron chi connectivity index (χ1n) is 7.49. The Morgan fingerprint density at radius 2 is 1.70 bits per heavy atom. The second-order valence-corrected chi connectivity index (χ2v) is 5.56. The molecule has 0 bridgehead atoms. The molecule has 0 aliphatic rings. The molecule has 0 amide bonds. The van der Waals surface area contributed by atoms with E-state index in [0.717, 1.165) is 6.42 Å². The number of nitrogens with one attached hydrogen (secondary N) is 1. The van der Waals surface area contributed by atoms with E-state index in [1.807, 2.05) is 7.05 Å². The van der Waals surface area contributed by atoms with Gasteiger partial charge in [0.05, 0.1) is 6.04 Å². The van der Waals surface area contributed by atoms with Crippen LogP contribution < -0.4 is 5.32 Å². The highest BCUT2D eigenvalue weighted by molar-refractivity contribution is 5.38. The lowest BCUT2D eigenvalue weighted by Crippen LogP contribution is -2.18. The third kappa shape index (κ3) is 3.29. The van der Waals surface area contributed by atoms with Crippen LogP contribution in [0.5, 0.6) is 0 Å². The van der Waals surface area contributed by atoms with Crippen LogP contribution in [-0.4, -0.2) is 7.05 Å². The van der Waals surface area contributed by atoms with Crippen molar-refractivity contribution in [1.82, 2.24) is 5.32 Å². The van der Waals surface area contributed by atoms with E-state index < -0.39 is 0 Å². The summed E-state index contributed by atoms with van der Waals surface area (Å²) < 4.78 is 0. The van der Waals surface area contributed by atoms with Crippen molar-refractivity contribution >= 4 is 0 Å². The van der Waals surface area contributed by atoms with Gasteiger partial charge in [-0.05, 0) is 55.1 Å². The maximum Gasteiger partial charge on any atom is 0.0574 e. The molecule has 0 fully saturated rings. The van der Waals surface area contributed by atoms with E-state index >= 15 is 0 Å². The van der Waals surface area contributed by atoms with Gasteiger partial charge in [0, 0.05) is 0 Å². The summed E-state index contributed by atoms with van der Waals surface area (Å²) in [5.74, 6) is 0. The molecule has 0 saturated heterocycles. The molecular formula is C19H25N. The highest BCUT2D eigenvalue weighted by atomic mass is 14.9. The molecule has 2 rings (SSSR count). The number of rotatable bonds is 5. The summed E-state index contributed by atoms with van der Waals surface area (Å²) in [6.45, 7) is 6.57. The smallest absolute Gasteiger partial charge is 0.0574 e. The minimum Gasteiger partial charge on any atom is -0.309 e. The lowest BCUT2D eigenvalue weighted by Gasteiger charge is -2.19. The second-order valence-electron chi connectivity index (χ2n) is 5.56. The Balaban J connectivity index is 2.36. The summed E-state index contributed by atoms with van der Waals surface area (Å²) in [4.78, 5) is 0. The Labute approximate surface area is 123 Å². The zero-order valence-corrected chi connectivity index (χ0v) is 13.0. The fourth-order valence-electron chi connectivity index (χ4n) is 2.69. The van der Waals surface area contributed by atoms with Crippen LogP contribution in [-0.2, 0) is 6.42 Å². The maximum absolute atomic E-state index is 3.45. The largest absolute Gasteiger partial charge is 0.309 e. The first kappa shape index (κ1) is 14.8. The van der Waals surface area contributed by atoms with Crippen LogP contribution in [0.1, 0.15) is 47.2 Å². The van der Waals surface area contributed by atoms with Gasteiger partial charge in [0.1, 0.15) is 0 Å². The third-order valence-electron chi connectivity index (χ3n) is 3.98. The first-order chi connectivity index (χ1) is 9.65. The molecule has 0 aliphatic carbocycles. The Hall–Kier alpha value is -1.60. The molecule has 0 aromatic heterocycles. The number of hydrogen-bond acceptors (Lipinski definition) is 1. The van der Waals surface area contributed by atoms with Crippen molar-refractivity contribution in [2.45, 2.75) is 39.7 Å². The highest BCUT2D eigenvalue weighted by Gasteiger charge is 2.12. The molecule has 106 valence electrons. The van der Waals surface area contributed by atoms with Crippen molar-refractivity contribution < 1.29 is 0 Å². The molecule has 1 unspecified atom stereocenters. The Bertz CT molecular complexity index is 572. The van der Waals surface area contributed by atoms with E-state index in [-0.39, 0.29) is 6.04 Å². The van der Waals surface area contributed by atoms with Crippen LogP contribution >= 0.6 is 0 Å². The topological polar surface area (TPSA) is 12.0 Å². The van der Waals surface area contributed by atoms with Crippen LogP contribution in [0.25, 0.3) is 0 Å². The SMILES string of the molecule is CCCc1cccc(C(NC)c2ccc(C)c(C)c2)c1. The summed E-state index contributed by atoms with van der Waals surface area (Å²) in [5.41, 5.74) is 6.82. The van der Waals surface area contributed by atoms with E-state index in [1.54, 1.807) is 0 Å². The van der Waals surface area contributed by atoms with Gasteiger partial charge in [0.25, 0.3) is 0 Å². The lowest BCUT2D eigenvalue weighted by molar-refractivity contribution is 0.689.